The van der Waals surface area contributed by atoms with E-state index in [1.807, 2.05) is 0 Å². The van der Waals surface area contributed by atoms with Gasteiger partial charge in [-0.3, -0.25) is 0 Å². The SMILES string of the molecule is O=C1O[C@H]2[C@H](O)[C@@H]1OC[C@H]2O. The van der Waals surface area contributed by atoms with Gasteiger partial charge in [0.1, 0.15) is 12.2 Å². The number of rotatable bonds is 0. The van der Waals surface area contributed by atoms with Crippen molar-refractivity contribution in [1.29, 1.82) is 0 Å². The first-order valence-corrected chi connectivity index (χ1v) is 3.38. The van der Waals surface area contributed by atoms with Crippen LogP contribution in [0.2, 0.25) is 0 Å². The highest BCUT2D eigenvalue weighted by Crippen LogP contribution is 2.26. The lowest BCUT2D eigenvalue weighted by Gasteiger charge is -2.25. The van der Waals surface area contributed by atoms with Crippen molar-refractivity contribution in [3.63, 3.8) is 0 Å². The average Bonchev–Trinajstić information content (AvgIpc) is 2.12. The lowest BCUT2D eigenvalue weighted by molar-refractivity contribution is -0.146. The summed E-state index contributed by atoms with van der Waals surface area (Å²) in [6.45, 7) is 0.0537. The van der Waals surface area contributed by atoms with Gasteiger partial charge in [0.05, 0.1) is 6.61 Å². The van der Waals surface area contributed by atoms with Crippen LogP contribution >= 0.6 is 0 Å². The minimum Gasteiger partial charge on any atom is -0.455 e. The lowest BCUT2D eigenvalue weighted by atomic mass is 10.0. The molecule has 2 aliphatic heterocycles. The Kier molecular flexibility index (Phi) is 1.38. The fourth-order valence-electron chi connectivity index (χ4n) is 1.35. The van der Waals surface area contributed by atoms with Gasteiger partial charge in [0.2, 0.25) is 0 Å². The molecule has 2 rings (SSSR count). The molecule has 0 aromatic heterocycles. The summed E-state index contributed by atoms with van der Waals surface area (Å²) in [5, 5.41) is 18.3. The van der Waals surface area contributed by atoms with E-state index in [2.05, 4.69) is 4.74 Å². The normalized spacial score (nSPS) is 49.1. The Morgan fingerprint density at radius 1 is 1.45 bits per heavy atom. The van der Waals surface area contributed by atoms with Gasteiger partial charge in [-0.2, -0.15) is 0 Å². The van der Waals surface area contributed by atoms with Crippen LogP contribution in [0.25, 0.3) is 0 Å². The minimum atomic E-state index is -1.01. The van der Waals surface area contributed by atoms with Crippen LogP contribution in [0.15, 0.2) is 0 Å². The summed E-state index contributed by atoms with van der Waals surface area (Å²) >= 11 is 0. The van der Waals surface area contributed by atoms with Crippen LogP contribution in [0, 0.1) is 0 Å². The predicted octanol–water partition coefficient (Wildman–Crippen LogP) is -1.97. The second kappa shape index (κ2) is 2.17. The Morgan fingerprint density at radius 3 is 2.82 bits per heavy atom. The van der Waals surface area contributed by atoms with Crippen molar-refractivity contribution in [3.05, 3.63) is 0 Å². The van der Waals surface area contributed by atoms with E-state index in [9.17, 15) is 9.90 Å². The topological polar surface area (TPSA) is 76.0 Å². The van der Waals surface area contributed by atoms with Crippen LogP contribution < -0.4 is 0 Å². The maximum Gasteiger partial charge on any atom is 0.338 e. The number of carbonyl (C=O) groups excluding carboxylic acids is 1. The van der Waals surface area contributed by atoms with Crippen LogP contribution in [0.3, 0.4) is 0 Å². The summed E-state index contributed by atoms with van der Waals surface area (Å²) in [5.74, 6) is -0.584. The number of hydrogen-bond donors (Lipinski definition) is 2. The Labute approximate surface area is 62.5 Å². The molecule has 0 amide bonds. The highest BCUT2D eigenvalue weighted by Gasteiger charge is 2.51. The molecular formula is C6H8O5. The van der Waals surface area contributed by atoms with Gasteiger partial charge >= 0.3 is 5.97 Å². The van der Waals surface area contributed by atoms with E-state index in [1.165, 1.54) is 0 Å². The molecule has 2 aliphatic rings. The van der Waals surface area contributed by atoms with Gasteiger partial charge < -0.3 is 19.7 Å². The first kappa shape index (κ1) is 7.02. The van der Waals surface area contributed by atoms with Crippen molar-refractivity contribution < 1.29 is 24.5 Å². The standard InChI is InChI=1S/C6H8O5/c7-2-1-10-5-3(8)4(2)11-6(5)9/h2-5,7-8H,1H2/t2-,3+,4-,5+/m1/s1. The van der Waals surface area contributed by atoms with E-state index < -0.39 is 30.4 Å². The zero-order valence-corrected chi connectivity index (χ0v) is 5.64. The summed E-state index contributed by atoms with van der Waals surface area (Å²) in [5.41, 5.74) is 0. The summed E-state index contributed by atoms with van der Waals surface area (Å²) in [4.78, 5) is 10.8. The van der Waals surface area contributed by atoms with Crippen molar-refractivity contribution in [3.8, 4) is 0 Å². The fourth-order valence-corrected chi connectivity index (χ4v) is 1.35. The Morgan fingerprint density at radius 2 is 2.18 bits per heavy atom. The summed E-state index contributed by atoms with van der Waals surface area (Å²) in [6, 6.07) is 0. The number of aliphatic hydroxyl groups excluding tert-OH is 2. The van der Waals surface area contributed by atoms with E-state index in [0.717, 1.165) is 0 Å². The Balaban J connectivity index is 2.23. The van der Waals surface area contributed by atoms with Crippen LogP contribution in [-0.2, 0) is 14.3 Å². The van der Waals surface area contributed by atoms with Gasteiger partial charge in [0.25, 0.3) is 0 Å². The van der Waals surface area contributed by atoms with Gasteiger partial charge in [0, 0.05) is 0 Å². The summed E-state index contributed by atoms with van der Waals surface area (Å²) in [6.07, 6.45) is -3.58. The molecule has 0 unspecified atom stereocenters. The van der Waals surface area contributed by atoms with E-state index in [1.54, 1.807) is 0 Å². The smallest absolute Gasteiger partial charge is 0.338 e. The number of esters is 1. The molecule has 0 radical (unpaired) electrons. The first-order valence-electron chi connectivity index (χ1n) is 3.38. The third-order valence-electron chi connectivity index (χ3n) is 1.96. The van der Waals surface area contributed by atoms with Crippen LogP contribution in [0.4, 0.5) is 0 Å². The highest BCUT2D eigenvalue weighted by atomic mass is 16.6. The molecule has 2 fully saturated rings. The molecule has 2 saturated heterocycles. The van der Waals surface area contributed by atoms with Crippen molar-refractivity contribution >= 4 is 5.97 Å². The quantitative estimate of drug-likeness (QED) is 0.402. The number of fused-ring (bicyclic) bond motifs is 2. The largest absolute Gasteiger partial charge is 0.455 e. The Bertz CT molecular complexity index is 191. The van der Waals surface area contributed by atoms with Gasteiger partial charge in [-0.25, -0.2) is 4.79 Å². The zero-order valence-electron chi connectivity index (χ0n) is 5.64. The zero-order chi connectivity index (χ0) is 8.01. The van der Waals surface area contributed by atoms with E-state index in [-0.39, 0.29) is 6.61 Å². The highest BCUT2D eigenvalue weighted by molar-refractivity contribution is 5.78. The number of aliphatic hydroxyl groups is 2. The maximum absolute atomic E-state index is 10.8. The maximum atomic E-state index is 10.8. The van der Waals surface area contributed by atoms with Crippen LogP contribution in [0.1, 0.15) is 0 Å². The monoisotopic (exact) mass is 160 g/mol. The number of ether oxygens (including phenoxy) is 2. The molecule has 0 saturated carbocycles. The number of carbonyl (C=O) groups is 1. The van der Waals surface area contributed by atoms with Crippen molar-refractivity contribution in [2.45, 2.75) is 24.4 Å². The third kappa shape index (κ3) is 0.852. The van der Waals surface area contributed by atoms with Crippen LogP contribution in [-0.4, -0.2) is 47.2 Å². The molecule has 0 spiro atoms. The van der Waals surface area contributed by atoms with Gasteiger partial charge in [-0.1, -0.05) is 0 Å². The summed E-state index contributed by atoms with van der Waals surface area (Å²) in [7, 11) is 0. The molecule has 2 N–H and O–H groups in total. The second-order valence-electron chi connectivity index (χ2n) is 2.71. The minimum absolute atomic E-state index is 0.0537. The van der Waals surface area contributed by atoms with E-state index in [0.29, 0.717) is 0 Å². The second-order valence-corrected chi connectivity index (χ2v) is 2.71. The number of hydrogen-bond acceptors (Lipinski definition) is 5. The molecule has 2 bridgehead atoms. The third-order valence-corrected chi connectivity index (χ3v) is 1.96. The molecule has 4 atom stereocenters. The molecule has 0 aliphatic carbocycles. The lowest BCUT2D eigenvalue weighted by Crippen LogP contribution is -2.47. The summed E-state index contributed by atoms with van der Waals surface area (Å²) < 4.78 is 9.48. The average molecular weight is 160 g/mol. The molecule has 0 aromatic rings. The van der Waals surface area contributed by atoms with Crippen molar-refractivity contribution in [2.75, 3.05) is 6.61 Å². The molecule has 2 heterocycles. The molecule has 0 aromatic carbocycles. The molecule has 62 valence electrons. The van der Waals surface area contributed by atoms with Crippen molar-refractivity contribution in [2.24, 2.45) is 0 Å². The van der Waals surface area contributed by atoms with Gasteiger partial charge in [-0.05, 0) is 0 Å². The molecule has 5 nitrogen and oxygen atoms in total. The van der Waals surface area contributed by atoms with Crippen LogP contribution in [0.5, 0.6) is 0 Å². The van der Waals surface area contributed by atoms with Crippen molar-refractivity contribution in [1.82, 2.24) is 0 Å². The predicted molar refractivity (Wildman–Crippen MR) is 31.6 cm³/mol. The molecular weight excluding hydrogens is 152 g/mol. The first-order chi connectivity index (χ1) is 5.20. The van der Waals surface area contributed by atoms with Gasteiger partial charge in [-0.15, -0.1) is 0 Å². The molecule has 5 heteroatoms. The van der Waals surface area contributed by atoms with E-state index in [4.69, 9.17) is 9.84 Å². The van der Waals surface area contributed by atoms with Gasteiger partial charge in [0.15, 0.2) is 12.2 Å². The fraction of sp³-hybridized carbons (Fsp3) is 0.833. The molecule has 11 heavy (non-hydrogen) atoms. The van der Waals surface area contributed by atoms with E-state index >= 15 is 0 Å². The Hall–Kier alpha value is -0.650.